The first kappa shape index (κ1) is 32.4. The van der Waals surface area contributed by atoms with E-state index in [2.05, 4.69) is 0 Å². The summed E-state index contributed by atoms with van der Waals surface area (Å²) >= 11 is 0. The first-order valence-electron chi connectivity index (χ1n) is 14.2. The minimum Gasteiger partial charge on any atom is -0.377 e. The molecule has 1 aromatic carbocycles. The quantitative estimate of drug-likeness (QED) is 0.167. The summed E-state index contributed by atoms with van der Waals surface area (Å²) in [5, 5.41) is -13.5. The van der Waals surface area contributed by atoms with Crippen LogP contribution in [0.25, 0.3) is 0 Å². The Labute approximate surface area is 237 Å². The molecule has 0 amide bonds. The molecule has 0 bridgehead atoms. The fraction of sp³-hybridized carbons (Fsp3) is 0.778. The Morgan fingerprint density at radius 3 is 1.34 bits per heavy atom. The van der Waals surface area contributed by atoms with Gasteiger partial charge in [0.05, 0.1) is 0 Å². The van der Waals surface area contributed by atoms with Gasteiger partial charge in [-0.25, -0.2) is 0 Å². The summed E-state index contributed by atoms with van der Waals surface area (Å²) in [6.07, 6.45) is 11.9. The Bertz CT molecular complexity index is 1260. The highest BCUT2D eigenvalue weighted by Gasteiger charge is 2.83. The van der Waals surface area contributed by atoms with Crippen LogP contribution in [-0.2, 0) is 20.2 Å². The second-order valence-corrected chi connectivity index (χ2v) is 14.7. The molecule has 0 atom stereocenters. The maximum atomic E-state index is 14.9. The van der Waals surface area contributed by atoms with Gasteiger partial charge in [0.15, 0.2) is 0 Å². The molecule has 0 spiro atoms. The zero-order chi connectivity index (χ0) is 30.3. The molecule has 41 heavy (non-hydrogen) atoms. The van der Waals surface area contributed by atoms with Crippen molar-refractivity contribution in [3.05, 3.63) is 28.8 Å². The number of hydrogen-bond donors (Lipinski definition) is 1. The zero-order valence-electron chi connectivity index (χ0n) is 22.6. The van der Waals surface area contributed by atoms with Gasteiger partial charge < -0.3 is 4.18 Å². The smallest absolute Gasteiger partial charge is 0.377 e. The van der Waals surface area contributed by atoms with Gasteiger partial charge in [-0.3, -0.25) is 4.55 Å². The van der Waals surface area contributed by atoms with Crippen LogP contribution in [0.3, 0.4) is 0 Å². The number of benzene rings is 1. The summed E-state index contributed by atoms with van der Waals surface area (Å²) < 4.78 is 147. The molecule has 1 N–H and O–H groups in total. The molecule has 0 heterocycles. The van der Waals surface area contributed by atoms with Crippen LogP contribution < -0.4 is 4.18 Å². The molecule has 3 aliphatic carbocycles. The second-order valence-electron chi connectivity index (χ2n) is 11.7. The summed E-state index contributed by atoms with van der Waals surface area (Å²) in [5.41, 5.74) is 1.45. The number of hydrogen-bond acceptors (Lipinski definition) is 5. The van der Waals surface area contributed by atoms with E-state index >= 15 is 0 Å². The summed E-state index contributed by atoms with van der Waals surface area (Å²) in [6, 6.07) is 3.40. The predicted molar refractivity (Wildman–Crippen MR) is 140 cm³/mol. The molecular formula is C27H36F6O6S2. The van der Waals surface area contributed by atoms with Gasteiger partial charge in [-0.05, 0) is 73.0 Å². The fourth-order valence-corrected chi connectivity index (χ4v) is 8.03. The lowest BCUT2D eigenvalue weighted by Gasteiger charge is -2.33. The third kappa shape index (κ3) is 6.11. The van der Waals surface area contributed by atoms with Crippen LogP contribution in [0.4, 0.5) is 26.3 Å². The van der Waals surface area contributed by atoms with Crippen LogP contribution in [0.15, 0.2) is 12.1 Å². The van der Waals surface area contributed by atoms with Crippen LogP contribution in [-0.4, -0.2) is 37.8 Å². The summed E-state index contributed by atoms with van der Waals surface area (Å²) in [7, 11) is -14.0. The third-order valence-corrected chi connectivity index (χ3v) is 11.1. The highest BCUT2D eigenvalue weighted by atomic mass is 32.2. The van der Waals surface area contributed by atoms with Crippen LogP contribution >= 0.6 is 0 Å². The normalized spacial score (nSPS) is 21.6. The van der Waals surface area contributed by atoms with Crippen LogP contribution in [0.5, 0.6) is 5.75 Å². The van der Waals surface area contributed by atoms with E-state index in [0.29, 0.717) is 25.7 Å². The first-order valence-corrected chi connectivity index (χ1v) is 17.1. The Hall–Kier alpha value is -1.54. The fourth-order valence-electron chi connectivity index (χ4n) is 6.55. The van der Waals surface area contributed by atoms with E-state index in [1.54, 1.807) is 12.1 Å². The van der Waals surface area contributed by atoms with Gasteiger partial charge in [0.25, 0.3) is 0 Å². The van der Waals surface area contributed by atoms with E-state index in [0.717, 1.165) is 76.2 Å². The molecule has 14 heteroatoms. The minimum absolute atomic E-state index is 0.137. The van der Waals surface area contributed by atoms with Crippen molar-refractivity contribution in [3.63, 3.8) is 0 Å². The van der Waals surface area contributed by atoms with E-state index in [1.165, 1.54) is 0 Å². The standard InChI is InChI=1S/C27H36F6O6S2/c28-25(29,26(30,31)40(34,35)36)27(32,33)41(37,38)39-24-22(19-12-6-2-7-13-19)16-21(18-10-4-1-5-11-18)17-23(24)20-14-8-3-9-15-20/h16-20H,1-15H2,(H,34,35,36). The molecular weight excluding hydrogens is 598 g/mol. The van der Waals surface area contributed by atoms with E-state index in [-0.39, 0.29) is 28.9 Å². The minimum atomic E-state index is -7.13. The molecule has 0 saturated heterocycles. The van der Waals surface area contributed by atoms with Gasteiger partial charge in [0.2, 0.25) is 0 Å². The van der Waals surface area contributed by atoms with Gasteiger partial charge >= 0.3 is 36.7 Å². The van der Waals surface area contributed by atoms with Crippen molar-refractivity contribution >= 4 is 20.2 Å². The molecule has 1 aromatic rings. The summed E-state index contributed by atoms with van der Waals surface area (Å²) in [6.45, 7) is 0. The lowest BCUT2D eigenvalue weighted by Crippen LogP contribution is -2.61. The highest BCUT2D eigenvalue weighted by molar-refractivity contribution is 7.88. The van der Waals surface area contributed by atoms with Crippen molar-refractivity contribution < 1.29 is 51.9 Å². The van der Waals surface area contributed by atoms with Crippen LogP contribution in [0.2, 0.25) is 0 Å². The zero-order valence-corrected chi connectivity index (χ0v) is 24.2. The average Bonchev–Trinajstić information content (AvgIpc) is 2.93. The molecule has 0 aliphatic heterocycles. The molecule has 3 saturated carbocycles. The van der Waals surface area contributed by atoms with E-state index in [1.807, 2.05) is 0 Å². The van der Waals surface area contributed by atoms with E-state index in [9.17, 15) is 43.2 Å². The van der Waals surface area contributed by atoms with Gasteiger partial charge in [0, 0.05) is 0 Å². The molecule has 0 aromatic heterocycles. The largest absolute Gasteiger partial charge is 0.450 e. The van der Waals surface area contributed by atoms with Crippen LogP contribution in [0.1, 0.15) is 131 Å². The molecule has 0 unspecified atom stereocenters. The van der Waals surface area contributed by atoms with Gasteiger partial charge in [-0.2, -0.15) is 43.2 Å². The molecule has 234 valence electrons. The predicted octanol–water partition coefficient (Wildman–Crippen LogP) is 8.25. The van der Waals surface area contributed by atoms with Crippen molar-refractivity contribution in [2.24, 2.45) is 0 Å². The van der Waals surface area contributed by atoms with Crippen molar-refractivity contribution in [3.8, 4) is 5.75 Å². The second kappa shape index (κ2) is 11.9. The van der Waals surface area contributed by atoms with Gasteiger partial charge in [-0.1, -0.05) is 69.9 Å². The molecule has 3 aliphatic rings. The monoisotopic (exact) mass is 634 g/mol. The lowest BCUT2D eigenvalue weighted by atomic mass is 9.75. The van der Waals surface area contributed by atoms with E-state index < -0.39 is 42.4 Å². The Kier molecular flexibility index (Phi) is 9.36. The van der Waals surface area contributed by atoms with Crippen molar-refractivity contribution in [1.82, 2.24) is 0 Å². The SMILES string of the molecule is O=S(=O)(O)C(F)(F)C(F)(F)C(F)(F)S(=O)(=O)Oc1c(C2CCCCC2)cc(C2CCCCC2)cc1C1CCCCC1. The molecule has 0 radical (unpaired) electrons. The number of halogens is 6. The first-order chi connectivity index (χ1) is 19.0. The lowest BCUT2D eigenvalue weighted by molar-refractivity contribution is -0.247. The van der Waals surface area contributed by atoms with Crippen LogP contribution in [0, 0.1) is 0 Å². The van der Waals surface area contributed by atoms with Crippen molar-refractivity contribution in [2.75, 3.05) is 0 Å². The Morgan fingerprint density at radius 2 is 0.976 bits per heavy atom. The van der Waals surface area contributed by atoms with Crippen molar-refractivity contribution in [1.29, 1.82) is 0 Å². The average molecular weight is 635 g/mol. The number of alkyl halides is 6. The number of rotatable bonds is 9. The summed E-state index contributed by atoms with van der Waals surface area (Å²) in [4.78, 5) is 0. The van der Waals surface area contributed by atoms with Gasteiger partial charge in [0.1, 0.15) is 5.75 Å². The highest BCUT2D eigenvalue weighted by Crippen LogP contribution is 2.53. The Balaban J connectivity index is 1.87. The summed E-state index contributed by atoms with van der Waals surface area (Å²) in [5.74, 6) is -8.11. The maximum absolute atomic E-state index is 14.9. The van der Waals surface area contributed by atoms with Gasteiger partial charge in [-0.15, -0.1) is 0 Å². The topological polar surface area (TPSA) is 97.7 Å². The van der Waals surface area contributed by atoms with Crippen molar-refractivity contribution in [2.45, 2.75) is 130 Å². The Morgan fingerprint density at radius 1 is 0.610 bits per heavy atom. The third-order valence-electron chi connectivity index (χ3n) is 8.90. The van der Waals surface area contributed by atoms with E-state index in [4.69, 9.17) is 8.74 Å². The molecule has 3 fully saturated rings. The molecule has 4 rings (SSSR count). The molecule has 6 nitrogen and oxygen atoms in total. The maximum Gasteiger partial charge on any atom is 0.450 e.